The molecule has 0 aliphatic carbocycles. The van der Waals surface area contributed by atoms with E-state index in [0.717, 1.165) is 0 Å². The second kappa shape index (κ2) is 6.72. The normalized spacial score (nSPS) is 22.6. The zero-order chi connectivity index (χ0) is 15.1. The number of piperidine rings is 1. The van der Waals surface area contributed by atoms with Gasteiger partial charge in [-0.05, 0) is 39.9 Å². The second-order valence-corrected chi connectivity index (χ2v) is 8.91. The van der Waals surface area contributed by atoms with Gasteiger partial charge in [-0.25, -0.2) is 8.42 Å². The summed E-state index contributed by atoms with van der Waals surface area (Å²) in [7, 11) is -3.59. The minimum atomic E-state index is -3.59. The highest BCUT2D eigenvalue weighted by molar-refractivity contribution is 9.10. The average Bonchev–Trinajstić information content (AvgIpc) is 2.35. The van der Waals surface area contributed by atoms with Crippen LogP contribution in [0.4, 0.5) is 0 Å². The Labute approximate surface area is 145 Å². The van der Waals surface area contributed by atoms with Crippen LogP contribution in [0.25, 0.3) is 0 Å². The van der Waals surface area contributed by atoms with Gasteiger partial charge < -0.3 is 5.73 Å². The quantitative estimate of drug-likeness (QED) is 0.802. The summed E-state index contributed by atoms with van der Waals surface area (Å²) in [5.41, 5.74) is 5.81. The predicted octanol–water partition coefficient (Wildman–Crippen LogP) is 3.27. The summed E-state index contributed by atoms with van der Waals surface area (Å²) in [6.07, 6.45) is 0.651. The van der Waals surface area contributed by atoms with E-state index in [4.69, 9.17) is 17.3 Å². The van der Waals surface area contributed by atoms with Gasteiger partial charge >= 0.3 is 0 Å². The van der Waals surface area contributed by atoms with E-state index in [1.54, 1.807) is 12.1 Å². The molecule has 0 spiro atoms. The third-order valence-corrected chi connectivity index (χ3v) is 7.11. The largest absolute Gasteiger partial charge is 0.327 e. The van der Waals surface area contributed by atoms with Crippen LogP contribution in [-0.2, 0) is 10.0 Å². The standard InChI is InChI=1S/C13H18BrClN2O2S.ClH/c1-13(2)8-17(7-6-11(13)16)20(18,19)10-5-3-4-9(14)12(10)15;/h3-5,11H,6-8,16H2,1-2H3;1H. The first-order valence-electron chi connectivity index (χ1n) is 6.36. The van der Waals surface area contributed by atoms with Gasteiger partial charge in [0.25, 0.3) is 0 Å². The smallest absolute Gasteiger partial charge is 0.244 e. The van der Waals surface area contributed by atoms with E-state index in [2.05, 4.69) is 15.9 Å². The molecule has 1 aromatic carbocycles. The van der Waals surface area contributed by atoms with E-state index in [1.165, 1.54) is 10.4 Å². The first-order chi connectivity index (χ1) is 9.16. The number of benzene rings is 1. The first kappa shape index (κ1) is 19.2. The summed E-state index contributed by atoms with van der Waals surface area (Å²) in [5.74, 6) is 0. The van der Waals surface area contributed by atoms with Crippen LogP contribution in [0.3, 0.4) is 0 Å². The molecule has 21 heavy (non-hydrogen) atoms. The lowest BCUT2D eigenvalue weighted by molar-refractivity contribution is 0.155. The lowest BCUT2D eigenvalue weighted by atomic mass is 9.81. The van der Waals surface area contributed by atoms with Crippen LogP contribution in [0.1, 0.15) is 20.3 Å². The van der Waals surface area contributed by atoms with E-state index in [9.17, 15) is 8.42 Å². The summed E-state index contributed by atoms with van der Waals surface area (Å²) in [6, 6.07) is 4.93. The SMILES string of the molecule is CC1(C)CN(S(=O)(=O)c2cccc(Br)c2Cl)CCC1N.Cl. The molecule has 1 aliphatic heterocycles. The molecule has 0 aromatic heterocycles. The average molecular weight is 418 g/mol. The van der Waals surface area contributed by atoms with Crippen molar-refractivity contribution in [1.29, 1.82) is 0 Å². The van der Waals surface area contributed by atoms with Gasteiger partial charge in [0.15, 0.2) is 0 Å². The Morgan fingerprint density at radius 2 is 2.05 bits per heavy atom. The first-order valence-corrected chi connectivity index (χ1v) is 8.97. The van der Waals surface area contributed by atoms with Gasteiger partial charge in [0, 0.05) is 23.6 Å². The number of hydrogen-bond acceptors (Lipinski definition) is 3. The third kappa shape index (κ3) is 3.74. The van der Waals surface area contributed by atoms with Gasteiger partial charge in [-0.3, -0.25) is 0 Å². The van der Waals surface area contributed by atoms with E-state index < -0.39 is 10.0 Å². The minimum absolute atomic E-state index is 0. The second-order valence-electron chi connectivity index (χ2n) is 5.77. The van der Waals surface area contributed by atoms with Crippen molar-refractivity contribution >= 4 is 50.0 Å². The predicted molar refractivity (Wildman–Crippen MR) is 91.5 cm³/mol. The van der Waals surface area contributed by atoms with Gasteiger partial charge in [-0.1, -0.05) is 31.5 Å². The molecule has 1 aliphatic rings. The van der Waals surface area contributed by atoms with Crippen LogP contribution in [0.15, 0.2) is 27.6 Å². The molecule has 1 heterocycles. The summed E-state index contributed by atoms with van der Waals surface area (Å²) in [4.78, 5) is 0.139. The molecular weight excluding hydrogens is 399 g/mol. The summed E-state index contributed by atoms with van der Waals surface area (Å²) < 4.78 is 27.5. The summed E-state index contributed by atoms with van der Waals surface area (Å²) >= 11 is 9.38. The number of rotatable bonds is 2. The van der Waals surface area contributed by atoms with Crippen molar-refractivity contribution in [3.8, 4) is 0 Å². The maximum atomic E-state index is 12.7. The Morgan fingerprint density at radius 3 is 2.62 bits per heavy atom. The van der Waals surface area contributed by atoms with Crippen LogP contribution in [-0.4, -0.2) is 31.9 Å². The molecule has 1 aromatic rings. The number of nitrogens with two attached hydrogens (primary N) is 1. The molecule has 4 nitrogen and oxygen atoms in total. The van der Waals surface area contributed by atoms with Crippen molar-refractivity contribution in [2.75, 3.05) is 13.1 Å². The highest BCUT2D eigenvalue weighted by Gasteiger charge is 2.39. The van der Waals surface area contributed by atoms with E-state index in [0.29, 0.717) is 24.0 Å². The van der Waals surface area contributed by atoms with Crippen molar-refractivity contribution in [1.82, 2.24) is 4.31 Å². The molecule has 0 bridgehead atoms. The maximum absolute atomic E-state index is 12.7. The molecule has 1 atom stereocenters. The Balaban J connectivity index is 0.00000220. The minimum Gasteiger partial charge on any atom is -0.327 e. The zero-order valence-electron chi connectivity index (χ0n) is 11.8. The number of hydrogen-bond donors (Lipinski definition) is 1. The number of sulfonamides is 1. The lowest BCUT2D eigenvalue weighted by Gasteiger charge is -2.41. The van der Waals surface area contributed by atoms with E-state index in [-0.39, 0.29) is 33.8 Å². The molecule has 2 N–H and O–H groups in total. The Hall–Kier alpha value is 0.150. The molecule has 0 radical (unpaired) electrons. The van der Waals surface area contributed by atoms with Crippen molar-refractivity contribution in [3.05, 3.63) is 27.7 Å². The van der Waals surface area contributed by atoms with Crippen molar-refractivity contribution in [2.45, 2.75) is 31.2 Å². The van der Waals surface area contributed by atoms with Crippen molar-refractivity contribution in [3.63, 3.8) is 0 Å². The van der Waals surface area contributed by atoms with Crippen LogP contribution in [0.2, 0.25) is 5.02 Å². The van der Waals surface area contributed by atoms with Gasteiger partial charge in [0.05, 0.1) is 5.02 Å². The molecule has 2 rings (SSSR count). The molecule has 1 saturated heterocycles. The molecule has 1 unspecified atom stereocenters. The van der Waals surface area contributed by atoms with Crippen LogP contribution >= 0.6 is 39.9 Å². The third-order valence-electron chi connectivity index (χ3n) is 3.81. The Bertz CT molecular complexity index is 623. The Morgan fingerprint density at radius 1 is 1.43 bits per heavy atom. The van der Waals surface area contributed by atoms with Gasteiger partial charge in [0.2, 0.25) is 10.0 Å². The van der Waals surface area contributed by atoms with Crippen molar-refractivity contribution < 1.29 is 8.42 Å². The summed E-state index contributed by atoms with van der Waals surface area (Å²) in [5, 5.41) is 0.222. The maximum Gasteiger partial charge on any atom is 0.244 e. The monoisotopic (exact) mass is 416 g/mol. The molecule has 8 heteroatoms. The lowest BCUT2D eigenvalue weighted by Crippen LogP contribution is -2.53. The van der Waals surface area contributed by atoms with Crippen LogP contribution in [0, 0.1) is 5.41 Å². The summed E-state index contributed by atoms with van der Waals surface area (Å²) in [6.45, 7) is 4.80. The molecule has 1 fully saturated rings. The van der Waals surface area contributed by atoms with Gasteiger partial charge in [-0.15, -0.1) is 12.4 Å². The fourth-order valence-corrected chi connectivity index (χ4v) is 4.98. The van der Waals surface area contributed by atoms with Crippen molar-refractivity contribution in [2.24, 2.45) is 11.1 Å². The molecule has 120 valence electrons. The molecular formula is C13H19BrCl2N2O2S. The number of nitrogens with zero attached hydrogens (tertiary/aromatic N) is 1. The van der Waals surface area contributed by atoms with Gasteiger partial charge in [-0.2, -0.15) is 4.31 Å². The number of halogens is 3. The highest BCUT2D eigenvalue weighted by atomic mass is 79.9. The fourth-order valence-electron chi connectivity index (χ4n) is 2.35. The molecule has 0 amide bonds. The van der Waals surface area contributed by atoms with Crippen LogP contribution < -0.4 is 5.73 Å². The van der Waals surface area contributed by atoms with E-state index in [1.807, 2.05) is 13.8 Å². The topological polar surface area (TPSA) is 63.4 Å². The fraction of sp³-hybridized carbons (Fsp3) is 0.538. The van der Waals surface area contributed by atoms with Crippen LogP contribution in [0.5, 0.6) is 0 Å². The van der Waals surface area contributed by atoms with Gasteiger partial charge in [0.1, 0.15) is 4.90 Å². The zero-order valence-corrected chi connectivity index (χ0v) is 15.8. The Kier molecular flexibility index (Phi) is 6.15. The highest BCUT2D eigenvalue weighted by Crippen LogP contribution is 2.35. The molecule has 0 saturated carbocycles. The van der Waals surface area contributed by atoms with E-state index >= 15 is 0 Å².